The van der Waals surface area contributed by atoms with Crippen molar-refractivity contribution in [3.8, 4) is 5.75 Å². The Balaban J connectivity index is 2.62. The van der Waals surface area contributed by atoms with Crippen LogP contribution in [0.2, 0.25) is 0 Å². The van der Waals surface area contributed by atoms with Crippen molar-refractivity contribution in [3.05, 3.63) is 29.8 Å². The molecule has 2 heteroatoms. The van der Waals surface area contributed by atoms with Crippen molar-refractivity contribution in [3.63, 3.8) is 0 Å². The summed E-state index contributed by atoms with van der Waals surface area (Å²) in [5, 5.41) is 9.87. The molecular weight excluding hydrogens is 188 g/mol. The summed E-state index contributed by atoms with van der Waals surface area (Å²) in [6.45, 7) is 6.85. The van der Waals surface area contributed by atoms with E-state index >= 15 is 0 Å². The average Bonchev–Trinajstić information content (AvgIpc) is 2.18. The highest BCUT2D eigenvalue weighted by Crippen LogP contribution is 2.23. The minimum atomic E-state index is -0.360. The van der Waals surface area contributed by atoms with Gasteiger partial charge in [0.25, 0.3) is 0 Å². The van der Waals surface area contributed by atoms with Gasteiger partial charge in [-0.05, 0) is 37.0 Å². The van der Waals surface area contributed by atoms with Crippen LogP contribution in [0.1, 0.15) is 38.9 Å². The minimum Gasteiger partial charge on any atom is -0.494 e. The highest BCUT2D eigenvalue weighted by Gasteiger charge is 2.09. The molecule has 0 spiro atoms. The monoisotopic (exact) mass is 208 g/mol. The second-order valence-corrected chi connectivity index (χ2v) is 4.15. The third-order valence-corrected chi connectivity index (χ3v) is 2.27. The maximum Gasteiger partial charge on any atom is 0.119 e. The lowest BCUT2D eigenvalue weighted by atomic mass is 10.00. The van der Waals surface area contributed by atoms with Crippen LogP contribution in [-0.4, -0.2) is 11.7 Å². The van der Waals surface area contributed by atoms with Crippen LogP contribution in [0, 0.1) is 5.92 Å². The first kappa shape index (κ1) is 12.1. The SMILES string of the molecule is CCOc1ccc(C(O)CC(C)C)cc1. The Hall–Kier alpha value is -1.02. The van der Waals surface area contributed by atoms with Crippen LogP contribution in [0.5, 0.6) is 5.75 Å². The molecule has 1 aromatic rings. The summed E-state index contributed by atoms with van der Waals surface area (Å²) in [4.78, 5) is 0. The van der Waals surface area contributed by atoms with Gasteiger partial charge in [0.05, 0.1) is 12.7 Å². The average molecular weight is 208 g/mol. The summed E-state index contributed by atoms with van der Waals surface area (Å²) in [6.07, 6.45) is 0.439. The summed E-state index contributed by atoms with van der Waals surface area (Å²) < 4.78 is 5.34. The summed E-state index contributed by atoms with van der Waals surface area (Å²) >= 11 is 0. The Kier molecular flexibility index (Phi) is 4.63. The van der Waals surface area contributed by atoms with Gasteiger partial charge in [0.1, 0.15) is 5.75 Å². The molecule has 0 saturated heterocycles. The van der Waals surface area contributed by atoms with Gasteiger partial charge < -0.3 is 9.84 Å². The van der Waals surface area contributed by atoms with E-state index < -0.39 is 0 Å². The van der Waals surface area contributed by atoms with Crippen LogP contribution in [0.15, 0.2) is 24.3 Å². The maximum atomic E-state index is 9.87. The Morgan fingerprint density at radius 1 is 1.20 bits per heavy atom. The molecule has 0 bridgehead atoms. The highest BCUT2D eigenvalue weighted by atomic mass is 16.5. The summed E-state index contributed by atoms with van der Waals surface area (Å²) in [7, 11) is 0. The fourth-order valence-electron chi connectivity index (χ4n) is 1.54. The topological polar surface area (TPSA) is 29.5 Å². The molecule has 0 aliphatic carbocycles. The quantitative estimate of drug-likeness (QED) is 0.805. The van der Waals surface area contributed by atoms with E-state index in [1.165, 1.54) is 0 Å². The largest absolute Gasteiger partial charge is 0.494 e. The summed E-state index contributed by atoms with van der Waals surface area (Å²) in [5.41, 5.74) is 0.965. The predicted molar refractivity (Wildman–Crippen MR) is 62.0 cm³/mol. The first-order valence-electron chi connectivity index (χ1n) is 5.54. The Bertz CT molecular complexity index is 277. The van der Waals surface area contributed by atoms with E-state index in [2.05, 4.69) is 13.8 Å². The van der Waals surface area contributed by atoms with Gasteiger partial charge in [-0.2, -0.15) is 0 Å². The van der Waals surface area contributed by atoms with Crippen molar-refractivity contribution in [2.75, 3.05) is 6.61 Å². The zero-order chi connectivity index (χ0) is 11.3. The van der Waals surface area contributed by atoms with E-state index in [-0.39, 0.29) is 6.10 Å². The van der Waals surface area contributed by atoms with Gasteiger partial charge in [0.2, 0.25) is 0 Å². The smallest absolute Gasteiger partial charge is 0.119 e. The van der Waals surface area contributed by atoms with Crippen LogP contribution < -0.4 is 4.74 Å². The number of hydrogen-bond acceptors (Lipinski definition) is 2. The van der Waals surface area contributed by atoms with Crippen molar-refractivity contribution < 1.29 is 9.84 Å². The highest BCUT2D eigenvalue weighted by molar-refractivity contribution is 5.28. The van der Waals surface area contributed by atoms with Crippen LogP contribution in [-0.2, 0) is 0 Å². The molecule has 1 rings (SSSR count). The molecule has 0 aliphatic rings. The molecule has 1 N–H and O–H groups in total. The fraction of sp³-hybridized carbons (Fsp3) is 0.538. The second kappa shape index (κ2) is 5.76. The zero-order valence-corrected chi connectivity index (χ0v) is 9.73. The van der Waals surface area contributed by atoms with Crippen molar-refractivity contribution >= 4 is 0 Å². The van der Waals surface area contributed by atoms with E-state index in [0.717, 1.165) is 17.7 Å². The Morgan fingerprint density at radius 2 is 1.80 bits per heavy atom. The Morgan fingerprint density at radius 3 is 2.27 bits per heavy atom. The number of ether oxygens (including phenoxy) is 1. The molecule has 15 heavy (non-hydrogen) atoms. The Labute approximate surface area is 91.9 Å². The normalized spacial score (nSPS) is 12.9. The van der Waals surface area contributed by atoms with Crippen LogP contribution >= 0.6 is 0 Å². The van der Waals surface area contributed by atoms with E-state index in [4.69, 9.17) is 4.74 Å². The van der Waals surface area contributed by atoms with Gasteiger partial charge in [0, 0.05) is 0 Å². The molecule has 1 aromatic carbocycles. The number of aliphatic hydroxyl groups excluding tert-OH is 1. The number of aliphatic hydroxyl groups is 1. The maximum absolute atomic E-state index is 9.87. The molecular formula is C13H20O2. The zero-order valence-electron chi connectivity index (χ0n) is 9.73. The number of rotatable bonds is 5. The molecule has 0 aromatic heterocycles. The minimum absolute atomic E-state index is 0.360. The molecule has 1 unspecified atom stereocenters. The van der Waals surface area contributed by atoms with E-state index in [1.54, 1.807) is 0 Å². The molecule has 0 radical (unpaired) electrons. The van der Waals surface area contributed by atoms with E-state index in [1.807, 2.05) is 31.2 Å². The summed E-state index contributed by atoms with van der Waals surface area (Å²) in [6, 6.07) is 7.67. The number of hydrogen-bond donors (Lipinski definition) is 1. The standard InChI is InChI=1S/C13H20O2/c1-4-15-12-7-5-11(6-8-12)13(14)9-10(2)3/h5-8,10,13-14H,4,9H2,1-3H3. The third kappa shape index (κ3) is 3.92. The van der Waals surface area contributed by atoms with Gasteiger partial charge in [-0.15, -0.1) is 0 Å². The van der Waals surface area contributed by atoms with Gasteiger partial charge in [-0.1, -0.05) is 26.0 Å². The summed E-state index contributed by atoms with van der Waals surface area (Å²) in [5.74, 6) is 1.37. The van der Waals surface area contributed by atoms with Crippen molar-refractivity contribution in [2.45, 2.75) is 33.3 Å². The lowest BCUT2D eigenvalue weighted by Crippen LogP contribution is -2.01. The molecule has 0 aliphatic heterocycles. The van der Waals surface area contributed by atoms with E-state index in [9.17, 15) is 5.11 Å². The van der Waals surface area contributed by atoms with E-state index in [0.29, 0.717) is 12.5 Å². The second-order valence-electron chi connectivity index (χ2n) is 4.15. The van der Waals surface area contributed by atoms with Gasteiger partial charge in [-0.3, -0.25) is 0 Å². The molecule has 2 nitrogen and oxygen atoms in total. The molecule has 84 valence electrons. The molecule has 0 heterocycles. The van der Waals surface area contributed by atoms with Crippen molar-refractivity contribution in [1.82, 2.24) is 0 Å². The van der Waals surface area contributed by atoms with Crippen LogP contribution in [0.3, 0.4) is 0 Å². The van der Waals surface area contributed by atoms with Gasteiger partial charge in [-0.25, -0.2) is 0 Å². The number of benzene rings is 1. The van der Waals surface area contributed by atoms with Crippen molar-refractivity contribution in [1.29, 1.82) is 0 Å². The first-order chi connectivity index (χ1) is 7.13. The third-order valence-electron chi connectivity index (χ3n) is 2.27. The molecule has 0 fully saturated rings. The molecule has 0 saturated carbocycles. The molecule has 1 atom stereocenters. The van der Waals surface area contributed by atoms with Gasteiger partial charge in [0.15, 0.2) is 0 Å². The molecule has 0 amide bonds. The van der Waals surface area contributed by atoms with Crippen molar-refractivity contribution in [2.24, 2.45) is 5.92 Å². The lowest BCUT2D eigenvalue weighted by molar-refractivity contribution is 0.151. The fourth-order valence-corrected chi connectivity index (χ4v) is 1.54. The van der Waals surface area contributed by atoms with Crippen LogP contribution in [0.25, 0.3) is 0 Å². The lowest BCUT2D eigenvalue weighted by Gasteiger charge is -2.13. The first-order valence-corrected chi connectivity index (χ1v) is 5.54. The van der Waals surface area contributed by atoms with Gasteiger partial charge >= 0.3 is 0 Å². The predicted octanol–water partition coefficient (Wildman–Crippen LogP) is 3.16. The van der Waals surface area contributed by atoms with Crippen LogP contribution in [0.4, 0.5) is 0 Å².